The number of hydrogen-bond acceptors (Lipinski definition) is 10. The van der Waals surface area contributed by atoms with Crippen molar-refractivity contribution in [2.45, 2.75) is 5.22 Å². The second-order valence-electron chi connectivity index (χ2n) is 5.66. The zero-order valence-electron chi connectivity index (χ0n) is 15.3. The first-order valence-corrected chi connectivity index (χ1v) is 9.19. The first-order chi connectivity index (χ1) is 14.4. The Labute approximate surface area is 172 Å². The Morgan fingerprint density at radius 2 is 1.87 bits per heavy atom. The summed E-state index contributed by atoms with van der Waals surface area (Å²) in [4.78, 5) is 32.9. The smallest absolute Gasteiger partial charge is 0.277 e. The van der Waals surface area contributed by atoms with E-state index < -0.39 is 15.8 Å². The van der Waals surface area contributed by atoms with E-state index in [-0.39, 0.29) is 39.7 Å². The number of carbonyl (C=O) groups excluding carboxylic acids is 1. The number of nitro groups is 2. The van der Waals surface area contributed by atoms with Crippen LogP contribution in [0.4, 0.5) is 17.1 Å². The molecule has 0 aliphatic rings. The molecule has 2 aromatic carbocycles. The van der Waals surface area contributed by atoms with Gasteiger partial charge in [0.25, 0.3) is 16.6 Å². The Bertz CT molecular complexity index is 1120. The Morgan fingerprint density at radius 1 is 1.13 bits per heavy atom. The van der Waals surface area contributed by atoms with Gasteiger partial charge in [-0.2, -0.15) is 0 Å². The van der Waals surface area contributed by atoms with Gasteiger partial charge in [-0.25, -0.2) is 0 Å². The molecule has 1 aromatic heterocycles. The monoisotopic (exact) mass is 431 g/mol. The summed E-state index contributed by atoms with van der Waals surface area (Å²) in [5, 5.41) is 32.0. The molecule has 1 amide bonds. The summed E-state index contributed by atoms with van der Waals surface area (Å²) in [6.45, 7) is 0. The number of nitrogens with one attached hydrogen (secondary N) is 1. The van der Waals surface area contributed by atoms with E-state index in [2.05, 4.69) is 15.5 Å². The summed E-state index contributed by atoms with van der Waals surface area (Å²) in [6, 6.07) is 9.53. The van der Waals surface area contributed by atoms with Gasteiger partial charge in [0.2, 0.25) is 11.8 Å². The molecule has 0 saturated heterocycles. The highest BCUT2D eigenvalue weighted by Crippen LogP contribution is 2.30. The number of thioether (sulfide) groups is 1. The van der Waals surface area contributed by atoms with Crippen molar-refractivity contribution in [2.75, 3.05) is 18.2 Å². The molecule has 0 unspecified atom stereocenters. The number of ether oxygens (including phenoxy) is 1. The minimum atomic E-state index is -0.586. The van der Waals surface area contributed by atoms with Gasteiger partial charge in [-0.1, -0.05) is 17.8 Å². The van der Waals surface area contributed by atoms with Gasteiger partial charge in [0.1, 0.15) is 5.75 Å². The highest BCUT2D eigenvalue weighted by atomic mass is 32.2. The van der Waals surface area contributed by atoms with E-state index in [1.54, 1.807) is 6.07 Å². The van der Waals surface area contributed by atoms with Gasteiger partial charge in [-0.05, 0) is 12.1 Å². The average Bonchev–Trinajstić information content (AvgIpc) is 3.21. The van der Waals surface area contributed by atoms with Crippen molar-refractivity contribution >= 4 is 34.7 Å². The van der Waals surface area contributed by atoms with Crippen molar-refractivity contribution in [1.29, 1.82) is 0 Å². The fourth-order valence-electron chi connectivity index (χ4n) is 2.36. The molecule has 12 nitrogen and oxygen atoms in total. The molecule has 13 heteroatoms. The lowest BCUT2D eigenvalue weighted by Gasteiger charge is -2.09. The molecular weight excluding hydrogens is 418 g/mol. The minimum absolute atomic E-state index is 0.0713. The van der Waals surface area contributed by atoms with Crippen LogP contribution in [0.1, 0.15) is 0 Å². The average molecular weight is 431 g/mol. The second kappa shape index (κ2) is 9.00. The van der Waals surface area contributed by atoms with Gasteiger partial charge in [-0.15, -0.1) is 10.2 Å². The number of aromatic nitrogens is 2. The summed E-state index contributed by atoms with van der Waals surface area (Å²) in [7, 11) is 1.37. The predicted octanol–water partition coefficient (Wildman–Crippen LogP) is 3.29. The second-order valence-corrected chi connectivity index (χ2v) is 6.59. The van der Waals surface area contributed by atoms with Crippen molar-refractivity contribution in [3.05, 3.63) is 62.7 Å². The minimum Gasteiger partial charge on any atom is -0.495 e. The van der Waals surface area contributed by atoms with Crippen LogP contribution in [0.15, 0.2) is 52.1 Å². The fourth-order valence-corrected chi connectivity index (χ4v) is 2.92. The van der Waals surface area contributed by atoms with Crippen LogP contribution in [0.2, 0.25) is 0 Å². The molecule has 0 atom stereocenters. The molecule has 3 aromatic rings. The SMILES string of the molecule is COc1ccc([N+](=O)[O-])cc1NC(=O)CSc1nnc(-c2cccc([N+](=O)[O-])c2)o1. The third-order valence-corrected chi connectivity index (χ3v) is 4.52. The molecule has 0 bridgehead atoms. The Kier molecular flexibility index (Phi) is 6.22. The number of non-ortho nitro benzene ring substituents is 2. The number of nitro benzene ring substituents is 2. The van der Waals surface area contributed by atoms with E-state index in [0.29, 0.717) is 5.56 Å². The maximum Gasteiger partial charge on any atom is 0.277 e. The molecule has 1 heterocycles. The van der Waals surface area contributed by atoms with E-state index >= 15 is 0 Å². The number of benzene rings is 2. The molecule has 0 radical (unpaired) electrons. The van der Waals surface area contributed by atoms with Crippen LogP contribution in [-0.4, -0.2) is 38.8 Å². The van der Waals surface area contributed by atoms with Crippen LogP contribution in [0.25, 0.3) is 11.5 Å². The molecule has 0 fully saturated rings. The normalized spacial score (nSPS) is 10.4. The van der Waals surface area contributed by atoms with Gasteiger partial charge < -0.3 is 14.5 Å². The van der Waals surface area contributed by atoms with Crippen molar-refractivity contribution in [1.82, 2.24) is 10.2 Å². The largest absolute Gasteiger partial charge is 0.495 e. The van der Waals surface area contributed by atoms with Crippen LogP contribution < -0.4 is 10.1 Å². The maximum absolute atomic E-state index is 12.2. The molecule has 0 spiro atoms. The van der Waals surface area contributed by atoms with Crippen LogP contribution >= 0.6 is 11.8 Å². The Morgan fingerprint density at radius 3 is 2.57 bits per heavy atom. The van der Waals surface area contributed by atoms with Crippen molar-refractivity contribution < 1.29 is 23.8 Å². The summed E-state index contributed by atoms with van der Waals surface area (Å²) in [5.74, 6) is -0.261. The van der Waals surface area contributed by atoms with Gasteiger partial charge in [0, 0.05) is 29.8 Å². The lowest BCUT2D eigenvalue weighted by molar-refractivity contribution is -0.385. The van der Waals surface area contributed by atoms with Crippen molar-refractivity contribution in [2.24, 2.45) is 0 Å². The number of anilines is 1. The van der Waals surface area contributed by atoms with Crippen LogP contribution in [-0.2, 0) is 4.79 Å². The van der Waals surface area contributed by atoms with E-state index in [4.69, 9.17) is 9.15 Å². The number of methoxy groups -OCH3 is 1. The number of rotatable bonds is 8. The van der Waals surface area contributed by atoms with E-state index in [0.717, 1.165) is 11.8 Å². The third-order valence-electron chi connectivity index (χ3n) is 3.71. The molecule has 0 aliphatic carbocycles. The van der Waals surface area contributed by atoms with E-state index in [9.17, 15) is 25.0 Å². The van der Waals surface area contributed by atoms with Gasteiger partial charge in [0.15, 0.2) is 0 Å². The molecule has 3 rings (SSSR count). The number of amides is 1. The van der Waals surface area contributed by atoms with Crippen LogP contribution in [0.3, 0.4) is 0 Å². The fraction of sp³-hybridized carbons (Fsp3) is 0.118. The third kappa shape index (κ3) is 4.88. The van der Waals surface area contributed by atoms with Crippen molar-refractivity contribution in [3.8, 4) is 17.2 Å². The lowest BCUT2D eigenvalue weighted by atomic mass is 10.2. The number of nitrogens with zero attached hydrogens (tertiary/aromatic N) is 4. The Balaban J connectivity index is 1.65. The van der Waals surface area contributed by atoms with Gasteiger partial charge in [-0.3, -0.25) is 25.0 Å². The van der Waals surface area contributed by atoms with Gasteiger partial charge >= 0.3 is 0 Å². The molecule has 0 aliphatic heterocycles. The Hall–Kier alpha value is -4.00. The summed E-state index contributed by atoms with van der Waals surface area (Å²) >= 11 is 0.937. The zero-order chi connectivity index (χ0) is 21.7. The van der Waals surface area contributed by atoms with Crippen LogP contribution in [0, 0.1) is 20.2 Å². The molecule has 154 valence electrons. The van der Waals surface area contributed by atoms with Crippen LogP contribution in [0.5, 0.6) is 5.75 Å². The molecule has 1 N–H and O–H groups in total. The van der Waals surface area contributed by atoms with Gasteiger partial charge in [0.05, 0.1) is 28.4 Å². The zero-order valence-corrected chi connectivity index (χ0v) is 16.1. The molecule has 0 saturated carbocycles. The number of hydrogen-bond donors (Lipinski definition) is 1. The van der Waals surface area contributed by atoms with Crippen molar-refractivity contribution in [3.63, 3.8) is 0 Å². The lowest BCUT2D eigenvalue weighted by Crippen LogP contribution is -2.14. The quantitative estimate of drug-likeness (QED) is 0.318. The highest BCUT2D eigenvalue weighted by molar-refractivity contribution is 7.99. The summed E-state index contributed by atoms with van der Waals surface area (Å²) in [5.41, 5.74) is 0.205. The molecule has 30 heavy (non-hydrogen) atoms. The molecular formula is C17H13N5O7S. The summed E-state index contributed by atoms with van der Waals surface area (Å²) < 4.78 is 10.5. The maximum atomic E-state index is 12.2. The topological polar surface area (TPSA) is 164 Å². The number of carbonyl (C=O) groups is 1. The highest BCUT2D eigenvalue weighted by Gasteiger charge is 2.16. The first-order valence-electron chi connectivity index (χ1n) is 8.21. The van der Waals surface area contributed by atoms with E-state index in [1.807, 2.05) is 0 Å². The standard InChI is InChI=1S/C17H13N5O7S/c1-28-14-6-5-12(22(26)27)8-13(14)18-15(23)9-30-17-20-19-16(29-17)10-3-2-4-11(7-10)21(24)25/h2-8H,9H2,1H3,(H,18,23). The summed E-state index contributed by atoms with van der Waals surface area (Å²) in [6.07, 6.45) is 0. The predicted molar refractivity (Wildman–Crippen MR) is 105 cm³/mol. The first kappa shape index (κ1) is 20.7. The van der Waals surface area contributed by atoms with E-state index in [1.165, 1.54) is 43.5 Å².